The van der Waals surface area contributed by atoms with E-state index in [1.54, 1.807) is 32.4 Å². The van der Waals surface area contributed by atoms with Crippen molar-refractivity contribution >= 4 is 11.6 Å². The molecule has 1 aliphatic heterocycles. The van der Waals surface area contributed by atoms with E-state index in [-0.39, 0.29) is 11.5 Å². The lowest BCUT2D eigenvalue weighted by molar-refractivity contribution is -0.0512. The van der Waals surface area contributed by atoms with Crippen molar-refractivity contribution in [2.45, 2.75) is 13.2 Å². The van der Waals surface area contributed by atoms with Gasteiger partial charge in [-0.2, -0.15) is 8.78 Å². The quantitative estimate of drug-likeness (QED) is 0.534. The molecule has 7 nitrogen and oxygen atoms in total. The number of ether oxygens (including phenoxy) is 3. The molecule has 1 saturated heterocycles. The van der Waals surface area contributed by atoms with Gasteiger partial charge in [0.25, 0.3) is 0 Å². The Morgan fingerprint density at radius 2 is 1.71 bits per heavy atom. The van der Waals surface area contributed by atoms with E-state index >= 15 is 0 Å². The first-order valence-corrected chi connectivity index (χ1v) is 10.0. The number of nitrogens with zero attached hydrogens (tertiary/aromatic N) is 3. The summed E-state index contributed by atoms with van der Waals surface area (Å²) in [5, 5.41) is 3.30. The van der Waals surface area contributed by atoms with Gasteiger partial charge in [0, 0.05) is 45.5 Å². The number of nitrogens with one attached hydrogen (secondary N) is 1. The lowest BCUT2D eigenvalue weighted by atomic mass is 10.2. The second-order valence-corrected chi connectivity index (χ2v) is 6.94. The summed E-state index contributed by atoms with van der Waals surface area (Å²) < 4.78 is 40.1. The van der Waals surface area contributed by atoms with Crippen LogP contribution in [0.5, 0.6) is 17.2 Å². The van der Waals surface area contributed by atoms with Crippen LogP contribution in [0.2, 0.25) is 0 Å². The van der Waals surface area contributed by atoms with Crippen LogP contribution in [0.15, 0.2) is 47.5 Å². The van der Waals surface area contributed by atoms with E-state index in [1.807, 2.05) is 12.1 Å². The Bertz CT molecular complexity index is 870. The van der Waals surface area contributed by atoms with Gasteiger partial charge >= 0.3 is 6.61 Å². The van der Waals surface area contributed by atoms with Crippen molar-refractivity contribution < 1.29 is 23.0 Å². The zero-order chi connectivity index (χ0) is 22.2. The highest BCUT2D eigenvalue weighted by Crippen LogP contribution is 2.29. The van der Waals surface area contributed by atoms with Crippen molar-refractivity contribution in [3.63, 3.8) is 0 Å². The third kappa shape index (κ3) is 5.90. The van der Waals surface area contributed by atoms with E-state index in [9.17, 15) is 8.78 Å². The number of methoxy groups -OCH3 is 2. The van der Waals surface area contributed by atoms with Gasteiger partial charge in [-0.25, -0.2) is 0 Å². The van der Waals surface area contributed by atoms with Gasteiger partial charge in [-0.05, 0) is 42.0 Å². The number of piperazine rings is 1. The molecule has 2 aromatic carbocycles. The number of hydrogen-bond donors (Lipinski definition) is 1. The summed E-state index contributed by atoms with van der Waals surface area (Å²) in [6.07, 6.45) is 0. The first-order valence-electron chi connectivity index (χ1n) is 10.0. The Morgan fingerprint density at radius 1 is 1.00 bits per heavy atom. The molecule has 0 bridgehead atoms. The second-order valence-electron chi connectivity index (χ2n) is 6.94. The van der Waals surface area contributed by atoms with Crippen LogP contribution in [-0.2, 0) is 6.54 Å². The van der Waals surface area contributed by atoms with Gasteiger partial charge in [0.1, 0.15) is 5.75 Å². The van der Waals surface area contributed by atoms with E-state index in [2.05, 4.69) is 37.0 Å². The van der Waals surface area contributed by atoms with Gasteiger partial charge in [-0.1, -0.05) is 6.07 Å². The standard InChI is InChI=1S/C22H28F2N4O3/c1-25-22(26-15-16-4-9-19(30-3)20(14-16)31-21(23)24)28-12-10-27(11-13-28)17-5-7-18(29-2)8-6-17/h4-9,14,21H,10-13,15H2,1-3H3,(H,25,26). The average molecular weight is 434 g/mol. The largest absolute Gasteiger partial charge is 0.497 e. The maximum absolute atomic E-state index is 12.6. The predicted molar refractivity (Wildman–Crippen MR) is 117 cm³/mol. The fourth-order valence-corrected chi connectivity index (χ4v) is 3.50. The van der Waals surface area contributed by atoms with E-state index in [1.165, 1.54) is 7.11 Å². The molecule has 0 unspecified atom stereocenters. The SMILES string of the molecule is CN=C(NCc1ccc(OC)c(OC(F)F)c1)N1CCN(c2ccc(OC)cc2)CC1. The predicted octanol–water partition coefficient (Wildman–Crippen LogP) is 3.20. The van der Waals surface area contributed by atoms with Crippen LogP contribution in [0.25, 0.3) is 0 Å². The Morgan fingerprint density at radius 3 is 2.29 bits per heavy atom. The number of alkyl halides is 2. The van der Waals surface area contributed by atoms with Crippen LogP contribution in [0.4, 0.5) is 14.5 Å². The number of rotatable bonds is 7. The normalized spacial score (nSPS) is 14.6. The number of anilines is 1. The van der Waals surface area contributed by atoms with Gasteiger partial charge in [0.2, 0.25) is 0 Å². The summed E-state index contributed by atoms with van der Waals surface area (Å²) in [5.41, 5.74) is 1.95. The van der Waals surface area contributed by atoms with Crippen LogP contribution < -0.4 is 24.4 Å². The number of benzene rings is 2. The van der Waals surface area contributed by atoms with E-state index < -0.39 is 6.61 Å². The molecule has 9 heteroatoms. The zero-order valence-electron chi connectivity index (χ0n) is 18.0. The molecule has 3 rings (SSSR count). The summed E-state index contributed by atoms with van der Waals surface area (Å²) in [6.45, 7) is 0.868. The Hall–Kier alpha value is -3.23. The molecule has 0 spiro atoms. The molecular formula is C22H28F2N4O3. The molecule has 1 aliphatic rings. The lowest BCUT2D eigenvalue weighted by Gasteiger charge is -2.37. The summed E-state index contributed by atoms with van der Waals surface area (Å²) in [5.74, 6) is 1.89. The van der Waals surface area contributed by atoms with Crippen molar-refractivity contribution in [2.24, 2.45) is 4.99 Å². The monoisotopic (exact) mass is 434 g/mol. The highest BCUT2D eigenvalue weighted by molar-refractivity contribution is 5.80. The molecule has 0 radical (unpaired) electrons. The molecule has 0 aromatic heterocycles. The first-order chi connectivity index (χ1) is 15.0. The number of halogens is 2. The Kier molecular flexibility index (Phi) is 7.75. The fraction of sp³-hybridized carbons (Fsp3) is 0.409. The van der Waals surface area contributed by atoms with Crippen molar-refractivity contribution in [3.05, 3.63) is 48.0 Å². The Balaban J connectivity index is 1.56. The molecule has 0 saturated carbocycles. The van der Waals surface area contributed by atoms with Crippen LogP contribution in [0.3, 0.4) is 0 Å². The topological polar surface area (TPSA) is 58.6 Å². The molecule has 1 N–H and O–H groups in total. The Labute approximate surface area is 181 Å². The number of guanidine groups is 1. The highest BCUT2D eigenvalue weighted by atomic mass is 19.3. The van der Waals surface area contributed by atoms with Gasteiger partial charge < -0.3 is 29.3 Å². The molecule has 2 aromatic rings. The van der Waals surface area contributed by atoms with E-state index in [0.29, 0.717) is 6.54 Å². The molecule has 0 aliphatic carbocycles. The van der Waals surface area contributed by atoms with Gasteiger partial charge in [-0.3, -0.25) is 4.99 Å². The molecule has 31 heavy (non-hydrogen) atoms. The maximum atomic E-state index is 12.6. The summed E-state index contributed by atoms with van der Waals surface area (Å²) >= 11 is 0. The summed E-state index contributed by atoms with van der Waals surface area (Å²) in [6, 6.07) is 13.0. The third-order valence-corrected chi connectivity index (χ3v) is 5.12. The smallest absolute Gasteiger partial charge is 0.387 e. The highest BCUT2D eigenvalue weighted by Gasteiger charge is 2.20. The summed E-state index contributed by atoms with van der Waals surface area (Å²) in [7, 11) is 4.81. The first kappa shape index (κ1) is 22.5. The maximum Gasteiger partial charge on any atom is 0.387 e. The number of hydrogen-bond acceptors (Lipinski definition) is 5. The van der Waals surface area contributed by atoms with Crippen LogP contribution >= 0.6 is 0 Å². The molecule has 0 amide bonds. The van der Waals surface area contributed by atoms with E-state index in [0.717, 1.165) is 49.1 Å². The summed E-state index contributed by atoms with van der Waals surface area (Å²) in [4.78, 5) is 8.87. The minimum absolute atomic E-state index is 0.0138. The minimum atomic E-state index is -2.91. The fourth-order valence-electron chi connectivity index (χ4n) is 3.50. The molecular weight excluding hydrogens is 406 g/mol. The van der Waals surface area contributed by atoms with Crippen molar-refractivity contribution in [1.29, 1.82) is 0 Å². The molecule has 168 valence electrons. The molecule has 1 heterocycles. The van der Waals surface area contributed by atoms with Gasteiger partial charge in [0.05, 0.1) is 14.2 Å². The van der Waals surface area contributed by atoms with Crippen LogP contribution in [-0.4, -0.2) is 64.9 Å². The van der Waals surface area contributed by atoms with Gasteiger partial charge in [-0.15, -0.1) is 0 Å². The van der Waals surface area contributed by atoms with Crippen molar-refractivity contribution in [1.82, 2.24) is 10.2 Å². The second kappa shape index (κ2) is 10.7. The average Bonchev–Trinajstić information content (AvgIpc) is 2.80. The minimum Gasteiger partial charge on any atom is -0.497 e. The van der Waals surface area contributed by atoms with E-state index in [4.69, 9.17) is 9.47 Å². The number of aliphatic imine (C=N–C) groups is 1. The zero-order valence-corrected chi connectivity index (χ0v) is 18.0. The van der Waals surface area contributed by atoms with Crippen molar-refractivity contribution in [3.8, 4) is 17.2 Å². The molecule has 1 fully saturated rings. The lowest BCUT2D eigenvalue weighted by Crippen LogP contribution is -2.52. The van der Waals surface area contributed by atoms with Gasteiger partial charge in [0.15, 0.2) is 17.5 Å². The van der Waals surface area contributed by atoms with Crippen LogP contribution in [0.1, 0.15) is 5.56 Å². The van der Waals surface area contributed by atoms with Crippen molar-refractivity contribution in [2.75, 3.05) is 52.3 Å². The van der Waals surface area contributed by atoms with Crippen LogP contribution in [0, 0.1) is 0 Å². The third-order valence-electron chi connectivity index (χ3n) is 5.12. The molecule has 0 atom stereocenters.